The van der Waals surface area contributed by atoms with Crippen LogP contribution >= 0.6 is 12.4 Å². The van der Waals surface area contributed by atoms with Gasteiger partial charge in [0.25, 0.3) is 0 Å². The minimum Gasteiger partial charge on any atom is -0.412 e. The normalized spacial score (nSPS) is 9.33. The Kier molecular flexibility index (Phi) is 11.3. The van der Waals surface area contributed by atoms with Gasteiger partial charge < -0.3 is 11.2 Å². The van der Waals surface area contributed by atoms with Crippen molar-refractivity contribution >= 4 is 12.4 Å². The van der Waals surface area contributed by atoms with Crippen molar-refractivity contribution in [2.24, 2.45) is 11.1 Å². The predicted octanol–water partition coefficient (Wildman–Crippen LogP) is 0.978. The second-order valence-corrected chi connectivity index (χ2v) is 3.10. The molecular weight excluding hydrogens is 138 g/mol. The van der Waals surface area contributed by atoms with Gasteiger partial charge in [-0.25, -0.2) is 0 Å². The van der Waals surface area contributed by atoms with Crippen LogP contribution in [-0.2, 0) is 0 Å². The maximum absolute atomic E-state index is 5.31. The van der Waals surface area contributed by atoms with E-state index in [-0.39, 0.29) is 17.9 Å². The van der Waals surface area contributed by atoms with E-state index in [1.165, 1.54) is 0 Å². The highest BCUT2D eigenvalue weighted by atomic mass is 35.5. The number of nitrogens with two attached hydrogens (primary N) is 1. The van der Waals surface area contributed by atoms with Gasteiger partial charge in [-0.05, 0) is 18.4 Å². The summed E-state index contributed by atoms with van der Waals surface area (Å²) in [7, 11) is 0. The van der Waals surface area contributed by atoms with Crippen LogP contribution in [-0.4, -0.2) is 12.0 Å². The molecule has 0 bridgehead atoms. The molecular formula is C6H18ClNO. The van der Waals surface area contributed by atoms with E-state index in [1.54, 1.807) is 0 Å². The van der Waals surface area contributed by atoms with Crippen molar-refractivity contribution in [3.05, 3.63) is 0 Å². The Bertz CT molecular complexity index is 51.5. The molecule has 0 aliphatic heterocycles. The molecule has 0 fully saturated rings. The smallest absolute Gasteiger partial charge is 0.00723 e. The third-order valence-electron chi connectivity index (χ3n) is 0.894. The molecule has 60 valence electrons. The zero-order valence-corrected chi connectivity index (χ0v) is 7.22. The van der Waals surface area contributed by atoms with Crippen molar-refractivity contribution in [2.75, 3.05) is 6.54 Å². The fourth-order valence-electron chi connectivity index (χ4n) is 0.433. The zero-order chi connectivity index (χ0) is 5.91. The van der Waals surface area contributed by atoms with Crippen molar-refractivity contribution in [3.8, 4) is 0 Å². The lowest BCUT2D eigenvalue weighted by atomic mass is 9.93. The first-order chi connectivity index (χ1) is 3.06. The first kappa shape index (κ1) is 16.1. The monoisotopic (exact) mass is 155 g/mol. The molecule has 0 aliphatic rings. The molecule has 0 aromatic carbocycles. The van der Waals surface area contributed by atoms with Crippen LogP contribution in [0.25, 0.3) is 0 Å². The summed E-state index contributed by atoms with van der Waals surface area (Å²) in [4.78, 5) is 0. The number of hydrogen-bond donors (Lipinski definition) is 1. The van der Waals surface area contributed by atoms with Gasteiger partial charge in [0.15, 0.2) is 0 Å². The molecule has 0 amide bonds. The summed E-state index contributed by atoms with van der Waals surface area (Å²) >= 11 is 0. The summed E-state index contributed by atoms with van der Waals surface area (Å²) < 4.78 is 0. The third kappa shape index (κ3) is 17.9. The molecule has 0 aromatic rings. The molecule has 0 unspecified atom stereocenters. The zero-order valence-electron chi connectivity index (χ0n) is 6.40. The van der Waals surface area contributed by atoms with Gasteiger partial charge >= 0.3 is 0 Å². The summed E-state index contributed by atoms with van der Waals surface area (Å²) in [6.07, 6.45) is 1.12. The highest BCUT2D eigenvalue weighted by molar-refractivity contribution is 5.85. The van der Waals surface area contributed by atoms with Crippen LogP contribution in [0.15, 0.2) is 0 Å². The van der Waals surface area contributed by atoms with Crippen LogP contribution in [0.3, 0.4) is 0 Å². The molecule has 0 radical (unpaired) electrons. The Morgan fingerprint density at radius 2 is 1.56 bits per heavy atom. The van der Waals surface area contributed by atoms with Gasteiger partial charge in [-0.1, -0.05) is 20.8 Å². The van der Waals surface area contributed by atoms with Gasteiger partial charge in [0, 0.05) is 0 Å². The fraction of sp³-hybridized carbons (Fsp3) is 1.00. The largest absolute Gasteiger partial charge is 0.412 e. The number of hydrogen-bond acceptors (Lipinski definition) is 1. The molecule has 9 heavy (non-hydrogen) atoms. The van der Waals surface area contributed by atoms with E-state index < -0.39 is 0 Å². The van der Waals surface area contributed by atoms with E-state index in [0.29, 0.717) is 5.41 Å². The van der Waals surface area contributed by atoms with Gasteiger partial charge in [-0.15, -0.1) is 12.4 Å². The van der Waals surface area contributed by atoms with E-state index in [2.05, 4.69) is 20.8 Å². The van der Waals surface area contributed by atoms with Crippen LogP contribution in [0.2, 0.25) is 0 Å². The maximum atomic E-state index is 5.31. The van der Waals surface area contributed by atoms with Crippen molar-refractivity contribution in [1.29, 1.82) is 0 Å². The van der Waals surface area contributed by atoms with E-state index in [9.17, 15) is 0 Å². The first-order valence-corrected chi connectivity index (χ1v) is 2.76. The Labute approximate surface area is 63.5 Å². The van der Waals surface area contributed by atoms with E-state index >= 15 is 0 Å². The van der Waals surface area contributed by atoms with Gasteiger partial charge in [-0.3, -0.25) is 0 Å². The fourth-order valence-corrected chi connectivity index (χ4v) is 0.433. The molecule has 0 heterocycles. The Morgan fingerprint density at radius 3 is 1.56 bits per heavy atom. The topological polar surface area (TPSA) is 57.5 Å². The van der Waals surface area contributed by atoms with Crippen LogP contribution < -0.4 is 5.73 Å². The van der Waals surface area contributed by atoms with E-state index in [4.69, 9.17) is 5.73 Å². The quantitative estimate of drug-likeness (QED) is 0.603. The van der Waals surface area contributed by atoms with E-state index in [0.717, 1.165) is 13.0 Å². The standard InChI is InChI=1S/C6H15N.ClH.H2O/c1-6(2,3)4-5-7;;/h4-5,7H2,1-3H3;1H;1H2. The highest BCUT2D eigenvalue weighted by Gasteiger charge is 2.06. The van der Waals surface area contributed by atoms with Gasteiger partial charge in [0.05, 0.1) is 0 Å². The van der Waals surface area contributed by atoms with Crippen molar-refractivity contribution in [3.63, 3.8) is 0 Å². The van der Waals surface area contributed by atoms with Crippen molar-refractivity contribution in [2.45, 2.75) is 27.2 Å². The Hall–Kier alpha value is 0.210. The Balaban J connectivity index is -0.000000180. The minimum atomic E-state index is 0. The molecule has 0 aromatic heterocycles. The van der Waals surface area contributed by atoms with Gasteiger partial charge in [-0.2, -0.15) is 0 Å². The average Bonchev–Trinajstić information content (AvgIpc) is 1.30. The predicted molar refractivity (Wildman–Crippen MR) is 44.0 cm³/mol. The van der Waals surface area contributed by atoms with Crippen LogP contribution in [0, 0.1) is 5.41 Å². The van der Waals surface area contributed by atoms with Crippen LogP contribution in [0.5, 0.6) is 0 Å². The average molecular weight is 156 g/mol. The molecule has 0 saturated carbocycles. The lowest BCUT2D eigenvalue weighted by molar-refractivity contribution is 0.385. The van der Waals surface area contributed by atoms with E-state index in [1.807, 2.05) is 0 Å². The SMILES string of the molecule is CC(C)(C)CCN.Cl.O. The number of rotatable bonds is 1. The molecule has 0 rings (SSSR count). The molecule has 0 atom stereocenters. The second-order valence-electron chi connectivity index (χ2n) is 3.10. The Morgan fingerprint density at radius 1 is 1.22 bits per heavy atom. The van der Waals surface area contributed by atoms with Crippen molar-refractivity contribution < 1.29 is 5.48 Å². The molecule has 0 aliphatic carbocycles. The summed E-state index contributed by atoms with van der Waals surface area (Å²) in [5.74, 6) is 0. The lowest BCUT2D eigenvalue weighted by Crippen LogP contribution is -2.12. The molecule has 3 heteroatoms. The molecule has 2 nitrogen and oxygen atoms in total. The number of halogens is 1. The molecule has 4 N–H and O–H groups in total. The lowest BCUT2D eigenvalue weighted by Gasteiger charge is -2.15. The summed E-state index contributed by atoms with van der Waals surface area (Å²) in [5.41, 5.74) is 5.74. The highest BCUT2D eigenvalue weighted by Crippen LogP contribution is 2.15. The second kappa shape index (κ2) is 6.33. The van der Waals surface area contributed by atoms with Crippen molar-refractivity contribution in [1.82, 2.24) is 0 Å². The third-order valence-corrected chi connectivity index (χ3v) is 0.894. The van der Waals surface area contributed by atoms with Gasteiger partial charge in [0.2, 0.25) is 0 Å². The molecule has 0 saturated heterocycles. The van der Waals surface area contributed by atoms with Gasteiger partial charge in [0.1, 0.15) is 0 Å². The first-order valence-electron chi connectivity index (χ1n) is 2.76. The molecule has 0 spiro atoms. The summed E-state index contributed by atoms with van der Waals surface area (Å²) in [5, 5.41) is 0. The van der Waals surface area contributed by atoms with Crippen LogP contribution in [0.1, 0.15) is 27.2 Å². The maximum Gasteiger partial charge on any atom is -0.00723 e. The summed E-state index contributed by atoms with van der Waals surface area (Å²) in [6, 6.07) is 0. The van der Waals surface area contributed by atoms with Crippen LogP contribution in [0.4, 0.5) is 0 Å². The minimum absolute atomic E-state index is 0. The summed E-state index contributed by atoms with van der Waals surface area (Å²) in [6.45, 7) is 7.39.